The highest BCUT2D eigenvalue weighted by atomic mass is 16.2. The Balaban J connectivity index is 1.58. The quantitative estimate of drug-likeness (QED) is 0.855. The summed E-state index contributed by atoms with van der Waals surface area (Å²) < 4.78 is 0. The van der Waals surface area contributed by atoms with Gasteiger partial charge in [0.25, 0.3) is 0 Å². The molecule has 5 nitrogen and oxygen atoms in total. The maximum Gasteiger partial charge on any atom is 0.321 e. The van der Waals surface area contributed by atoms with E-state index in [1.54, 1.807) is 24.3 Å². The summed E-state index contributed by atoms with van der Waals surface area (Å²) in [6, 6.07) is 13.4. The molecule has 5 heteroatoms. The third-order valence-electron chi connectivity index (χ3n) is 4.81. The molecular formula is C21H25N3O2. The molecule has 0 bridgehead atoms. The second-order valence-corrected chi connectivity index (χ2v) is 6.83. The summed E-state index contributed by atoms with van der Waals surface area (Å²) in [6.07, 6.45) is 0. The van der Waals surface area contributed by atoms with Crippen molar-refractivity contribution in [3.63, 3.8) is 0 Å². The Labute approximate surface area is 154 Å². The van der Waals surface area contributed by atoms with E-state index in [-0.39, 0.29) is 11.8 Å². The van der Waals surface area contributed by atoms with Crippen molar-refractivity contribution < 1.29 is 9.59 Å². The summed E-state index contributed by atoms with van der Waals surface area (Å²) in [6.45, 7) is 8.77. The minimum Gasteiger partial charge on any atom is -0.368 e. The maximum atomic E-state index is 12.5. The number of carbonyl (C=O) groups is 2. The second kappa shape index (κ2) is 7.60. The standard InChI is InChI=1S/C21H25N3O2/c1-15-4-5-16(2)20(14-15)23-10-12-24(13-11-23)21(26)22-19-8-6-18(7-9-19)17(3)25/h4-9,14H,10-13H2,1-3H3,(H,22,26). The first kappa shape index (κ1) is 18.0. The van der Waals surface area contributed by atoms with Crippen molar-refractivity contribution in [2.24, 2.45) is 0 Å². The molecule has 0 radical (unpaired) electrons. The molecule has 0 aliphatic carbocycles. The zero-order valence-corrected chi connectivity index (χ0v) is 15.6. The molecule has 136 valence electrons. The Hall–Kier alpha value is -2.82. The third-order valence-corrected chi connectivity index (χ3v) is 4.81. The van der Waals surface area contributed by atoms with Crippen LogP contribution in [0.1, 0.15) is 28.4 Å². The fraction of sp³-hybridized carbons (Fsp3) is 0.333. The number of Topliss-reactive ketones (excluding diaryl/α,β-unsaturated/α-hetero) is 1. The van der Waals surface area contributed by atoms with Crippen molar-refractivity contribution >= 4 is 23.2 Å². The van der Waals surface area contributed by atoms with Crippen LogP contribution >= 0.6 is 0 Å². The van der Waals surface area contributed by atoms with Crippen molar-refractivity contribution in [3.05, 3.63) is 59.2 Å². The summed E-state index contributed by atoms with van der Waals surface area (Å²) >= 11 is 0. The van der Waals surface area contributed by atoms with E-state index in [1.807, 2.05) is 4.90 Å². The Bertz CT molecular complexity index is 807. The molecule has 3 rings (SSSR count). The molecular weight excluding hydrogens is 326 g/mol. The van der Waals surface area contributed by atoms with Crippen LogP contribution in [0, 0.1) is 13.8 Å². The van der Waals surface area contributed by atoms with Gasteiger partial charge in [-0.25, -0.2) is 4.79 Å². The zero-order valence-electron chi connectivity index (χ0n) is 15.6. The van der Waals surface area contributed by atoms with Crippen LogP contribution < -0.4 is 10.2 Å². The van der Waals surface area contributed by atoms with E-state index < -0.39 is 0 Å². The van der Waals surface area contributed by atoms with E-state index in [0.717, 1.165) is 13.1 Å². The lowest BCUT2D eigenvalue weighted by Gasteiger charge is -2.36. The van der Waals surface area contributed by atoms with Crippen LogP contribution in [-0.4, -0.2) is 42.9 Å². The SMILES string of the molecule is CC(=O)c1ccc(NC(=O)N2CCN(c3cc(C)ccc3C)CC2)cc1. The number of rotatable bonds is 3. The van der Waals surface area contributed by atoms with Gasteiger partial charge in [0.05, 0.1) is 0 Å². The molecule has 2 amide bonds. The number of piperazine rings is 1. The van der Waals surface area contributed by atoms with Gasteiger partial charge in [0, 0.05) is 43.1 Å². The first-order chi connectivity index (χ1) is 12.4. The highest BCUT2D eigenvalue weighted by Gasteiger charge is 2.22. The maximum absolute atomic E-state index is 12.5. The van der Waals surface area contributed by atoms with Gasteiger partial charge in [-0.05, 0) is 62.2 Å². The molecule has 1 aliphatic rings. The van der Waals surface area contributed by atoms with Crippen LogP contribution in [0.5, 0.6) is 0 Å². The number of aryl methyl sites for hydroxylation is 2. The number of benzene rings is 2. The van der Waals surface area contributed by atoms with E-state index in [9.17, 15) is 9.59 Å². The molecule has 0 atom stereocenters. The fourth-order valence-corrected chi connectivity index (χ4v) is 3.20. The van der Waals surface area contributed by atoms with E-state index in [4.69, 9.17) is 0 Å². The monoisotopic (exact) mass is 351 g/mol. The summed E-state index contributed by atoms with van der Waals surface area (Å²) in [7, 11) is 0. The summed E-state index contributed by atoms with van der Waals surface area (Å²) in [5.41, 5.74) is 5.12. The molecule has 2 aromatic rings. The minimum absolute atomic E-state index is 0.0189. The predicted octanol–water partition coefficient (Wildman–Crippen LogP) is 3.86. The lowest BCUT2D eigenvalue weighted by molar-refractivity contribution is 0.101. The molecule has 1 N–H and O–H groups in total. The van der Waals surface area contributed by atoms with Crippen LogP contribution in [0.2, 0.25) is 0 Å². The van der Waals surface area contributed by atoms with Gasteiger partial charge in [-0.2, -0.15) is 0 Å². The van der Waals surface area contributed by atoms with Gasteiger partial charge in [0.1, 0.15) is 0 Å². The fourth-order valence-electron chi connectivity index (χ4n) is 3.20. The molecule has 1 aliphatic heterocycles. The summed E-state index contributed by atoms with van der Waals surface area (Å²) in [4.78, 5) is 28.0. The van der Waals surface area contributed by atoms with Gasteiger partial charge in [-0.3, -0.25) is 4.79 Å². The number of ketones is 1. The number of nitrogens with zero attached hydrogens (tertiary/aromatic N) is 2. The zero-order chi connectivity index (χ0) is 18.7. The Morgan fingerprint density at radius 3 is 2.19 bits per heavy atom. The highest BCUT2D eigenvalue weighted by molar-refractivity contribution is 5.95. The van der Waals surface area contributed by atoms with E-state index in [1.165, 1.54) is 23.7 Å². The lowest BCUT2D eigenvalue weighted by Crippen LogP contribution is -2.50. The molecule has 1 fully saturated rings. The normalized spacial score (nSPS) is 14.3. The summed E-state index contributed by atoms with van der Waals surface area (Å²) in [5, 5.41) is 2.91. The van der Waals surface area contributed by atoms with Crippen molar-refractivity contribution in [2.75, 3.05) is 36.4 Å². The van der Waals surface area contributed by atoms with Crippen LogP contribution in [-0.2, 0) is 0 Å². The number of nitrogens with one attached hydrogen (secondary N) is 1. The van der Waals surface area contributed by atoms with Crippen LogP contribution in [0.15, 0.2) is 42.5 Å². The average Bonchev–Trinajstić information content (AvgIpc) is 2.64. The number of hydrogen-bond acceptors (Lipinski definition) is 3. The van der Waals surface area contributed by atoms with Crippen LogP contribution in [0.4, 0.5) is 16.2 Å². The minimum atomic E-state index is -0.0961. The Morgan fingerprint density at radius 2 is 1.58 bits per heavy atom. The van der Waals surface area contributed by atoms with E-state index in [2.05, 4.69) is 42.3 Å². The first-order valence-electron chi connectivity index (χ1n) is 8.93. The van der Waals surface area contributed by atoms with Gasteiger partial charge < -0.3 is 15.1 Å². The number of amides is 2. The molecule has 1 heterocycles. The molecule has 0 saturated carbocycles. The van der Waals surface area contributed by atoms with Gasteiger partial charge in [0.2, 0.25) is 0 Å². The number of urea groups is 1. The van der Waals surface area contributed by atoms with Gasteiger partial charge in [-0.15, -0.1) is 0 Å². The van der Waals surface area contributed by atoms with Crippen molar-refractivity contribution in [1.82, 2.24) is 4.90 Å². The smallest absolute Gasteiger partial charge is 0.321 e. The lowest BCUT2D eigenvalue weighted by atomic mass is 10.1. The highest BCUT2D eigenvalue weighted by Crippen LogP contribution is 2.23. The molecule has 1 saturated heterocycles. The molecule has 26 heavy (non-hydrogen) atoms. The predicted molar refractivity (Wildman–Crippen MR) is 105 cm³/mol. The molecule has 2 aromatic carbocycles. The number of anilines is 2. The van der Waals surface area contributed by atoms with E-state index >= 15 is 0 Å². The number of hydrogen-bond donors (Lipinski definition) is 1. The molecule has 0 aromatic heterocycles. The van der Waals surface area contributed by atoms with Crippen molar-refractivity contribution in [3.8, 4) is 0 Å². The topological polar surface area (TPSA) is 52.7 Å². The Kier molecular flexibility index (Phi) is 5.26. The summed E-state index contributed by atoms with van der Waals surface area (Å²) in [5.74, 6) is 0.0189. The van der Waals surface area contributed by atoms with Gasteiger partial charge >= 0.3 is 6.03 Å². The third kappa shape index (κ3) is 4.04. The largest absolute Gasteiger partial charge is 0.368 e. The van der Waals surface area contributed by atoms with Crippen molar-refractivity contribution in [1.29, 1.82) is 0 Å². The van der Waals surface area contributed by atoms with Gasteiger partial charge in [0.15, 0.2) is 5.78 Å². The van der Waals surface area contributed by atoms with Gasteiger partial charge in [-0.1, -0.05) is 12.1 Å². The van der Waals surface area contributed by atoms with E-state index in [0.29, 0.717) is 24.3 Å². The molecule has 0 unspecified atom stereocenters. The molecule has 0 spiro atoms. The van der Waals surface area contributed by atoms with Crippen LogP contribution in [0.3, 0.4) is 0 Å². The number of carbonyl (C=O) groups excluding carboxylic acids is 2. The first-order valence-corrected chi connectivity index (χ1v) is 8.93. The average molecular weight is 351 g/mol. The van der Waals surface area contributed by atoms with Crippen LogP contribution in [0.25, 0.3) is 0 Å². The van der Waals surface area contributed by atoms with Crippen molar-refractivity contribution in [2.45, 2.75) is 20.8 Å². The second-order valence-electron chi connectivity index (χ2n) is 6.83. The Morgan fingerprint density at radius 1 is 0.923 bits per heavy atom.